The molecule has 25 heavy (non-hydrogen) atoms. The second-order valence-corrected chi connectivity index (χ2v) is 6.44. The molecule has 8 heteroatoms. The Hall–Kier alpha value is -2.44. The van der Waals surface area contributed by atoms with Crippen molar-refractivity contribution in [3.05, 3.63) is 63.9 Å². The van der Waals surface area contributed by atoms with Crippen molar-refractivity contribution in [1.29, 1.82) is 0 Å². The van der Waals surface area contributed by atoms with Crippen LogP contribution in [0.4, 0.5) is 10.1 Å². The van der Waals surface area contributed by atoms with Gasteiger partial charge in [-0.3, -0.25) is 9.59 Å². The highest BCUT2D eigenvalue weighted by Gasteiger charge is 2.56. The summed E-state index contributed by atoms with van der Waals surface area (Å²) in [7, 11) is 0. The largest absolute Gasteiger partial charge is 0.381 e. The molecule has 0 N–H and O–H groups in total. The summed E-state index contributed by atoms with van der Waals surface area (Å²) in [5, 5.41) is 4.41. The summed E-state index contributed by atoms with van der Waals surface area (Å²) >= 11 is 12.1. The molecule has 2 atom stereocenters. The van der Waals surface area contributed by atoms with Crippen molar-refractivity contribution in [3.63, 3.8) is 0 Å². The van der Waals surface area contributed by atoms with E-state index in [-0.39, 0.29) is 16.4 Å². The Morgan fingerprint density at radius 2 is 1.76 bits per heavy atom. The van der Waals surface area contributed by atoms with E-state index < -0.39 is 29.7 Å². The number of hydrogen-bond donors (Lipinski definition) is 0. The molecule has 0 aromatic heterocycles. The van der Waals surface area contributed by atoms with E-state index in [4.69, 9.17) is 28.0 Å². The Balaban J connectivity index is 1.73. The molecule has 2 amide bonds. The molecule has 2 aliphatic rings. The summed E-state index contributed by atoms with van der Waals surface area (Å²) in [6.45, 7) is 0. The van der Waals surface area contributed by atoms with Gasteiger partial charge in [-0.25, -0.2) is 9.29 Å². The van der Waals surface area contributed by atoms with Gasteiger partial charge in [0.2, 0.25) is 12.0 Å². The summed E-state index contributed by atoms with van der Waals surface area (Å²) < 4.78 is 13.1. The lowest BCUT2D eigenvalue weighted by Gasteiger charge is -2.17. The predicted molar refractivity (Wildman–Crippen MR) is 90.3 cm³/mol. The lowest BCUT2D eigenvalue weighted by atomic mass is 9.94. The van der Waals surface area contributed by atoms with Crippen LogP contribution in [0, 0.1) is 11.7 Å². The van der Waals surface area contributed by atoms with Crippen LogP contribution in [0.25, 0.3) is 0 Å². The average Bonchev–Trinajstić information content (AvgIpc) is 3.12. The molecule has 2 aromatic carbocycles. The van der Waals surface area contributed by atoms with Crippen LogP contribution in [0.15, 0.2) is 47.6 Å². The van der Waals surface area contributed by atoms with E-state index in [2.05, 4.69) is 5.16 Å². The standard InChI is InChI=1S/C17H9Cl2FN2O3/c18-9-3-6-11(19)12(7-9)22-16(23)13-14(21-25-15(13)17(22)24)8-1-4-10(20)5-2-8/h1-7,13,15H/t13-,15+/m0/s1. The Bertz CT molecular complexity index is 930. The van der Waals surface area contributed by atoms with Crippen LogP contribution in [0.3, 0.4) is 0 Å². The third kappa shape index (κ3) is 2.49. The van der Waals surface area contributed by atoms with Gasteiger partial charge >= 0.3 is 0 Å². The molecule has 2 aromatic rings. The van der Waals surface area contributed by atoms with Crippen LogP contribution in [0.1, 0.15) is 5.56 Å². The van der Waals surface area contributed by atoms with E-state index in [9.17, 15) is 14.0 Å². The fraction of sp³-hybridized carbons (Fsp3) is 0.118. The molecule has 0 saturated carbocycles. The minimum absolute atomic E-state index is 0.195. The molecular formula is C17H9Cl2FN2O3. The number of carbonyl (C=O) groups is 2. The molecule has 2 heterocycles. The Kier molecular flexibility index (Phi) is 3.74. The highest BCUT2D eigenvalue weighted by molar-refractivity contribution is 6.39. The molecule has 0 aliphatic carbocycles. The van der Waals surface area contributed by atoms with Gasteiger partial charge in [0.1, 0.15) is 17.4 Å². The summed E-state index contributed by atoms with van der Waals surface area (Å²) in [6, 6.07) is 9.95. The number of carbonyl (C=O) groups excluding carboxylic acids is 2. The second-order valence-electron chi connectivity index (χ2n) is 5.59. The van der Waals surface area contributed by atoms with Crippen LogP contribution in [-0.4, -0.2) is 23.6 Å². The lowest BCUT2D eigenvalue weighted by Crippen LogP contribution is -2.33. The SMILES string of the molecule is O=C1[C@H]2C(c3ccc(F)cc3)=NO[C@H]2C(=O)N1c1cc(Cl)ccc1Cl. The van der Waals surface area contributed by atoms with Crippen LogP contribution >= 0.6 is 23.2 Å². The zero-order chi connectivity index (χ0) is 17.7. The number of nitrogens with zero attached hydrogens (tertiary/aromatic N) is 2. The number of oxime groups is 1. The smallest absolute Gasteiger partial charge is 0.279 e. The van der Waals surface area contributed by atoms with Gasteiger partial charge in [-0.05, 0) is 30.3 Å². The topological polar surface area (TPSA) is 59.0 Å². The van der Waals surface area contributed by atoms with Gasteiger partial charge in [-0.15, -0.1) is 0 Å². The first-order chi connectivity index (χ1) is 12.0. The van der Waals surface area contributed by atoms with Gasteiger partial charge in [-0.1, -0.05) is 40.5 Å². The predicted octanol–water partition coefficient (Wildman–Crippen LogP) is 3.43. The quantitative estimate of drug-likeness (QED) is 0.752. The molecule has 1 fully saturated rings. The Labute approximate surface area is 151 Å². The Morgan fingerprint density at radius 3 is 2.48 bits per heavy atom. The molecule has 0 bridgehead atoms. The first-order valence-electron chi connectivity index (χ1n) is 7.30. The van der Waals surface area contributed by atoms with Crippen molar-refractivity contribution in [3.8, 4) is 0 Å². The maximum Gasteiger partial charge on any atom is 0.279 e. The number of fused-ring (bicyclic) bond motifs is 1. The van der Waals surface area contributed by atoms with Crippen LogP contribution in [0.5, 0.6) is 0 Å². The number of rotatable bonds is 2. The van der Waals surface area contributed by atoms with E-state index in [1.54, 1.807) is 6.07 Å². The molecular weight excluding hydrogens is 370 g/mol. The van der Waals surface area contributed by atoms with Gasteiger partial charge in [-0.2, -0.15) is 0 Å². The molecule has 5 nitrogen and oxygen atoms in total. The van der Waals surface area contributed by atoms with Crippen molar-refractivity contribution in [2.75, 3.05) is 4.90 Å². The van der Waals surface area contributed by atoms with Gasteiger partial charge in [0.25, 0.3) is 5.91 Å². The van der Waals surface area contributed by atoms with Crippen molar-refractivity contribution in [1.82, 2.24) is 0 Å². The van der Waals surface area contributed by atoms with E-state index in [0.29, 0.717) is 10.6 Å². The molecule has 126 valence electrons. The summed E-state index contributed by atoms with van der Waals surface area (Å²) in [4.78, 5) is 31.7. The van der Waals surface area contributed by atoms with Crippen LogP contribution in [0.2, 0.25) is 10.0 Å². The van der Waals surface area contributed by atoms with Gasteiger partial charge in [0.15, 0.2) is 0 Å². The number of benzene rings is 2. The lowest BCUT2D eigenvalue weighted by molar-refractivity contribution is -0.126. The Morgan fingerprint density at radius 1 is 1.04 bits per heavy atom. The van der Waals surface area contributed by atoms with Gasteiger partial charge in [0, 0.05) is 10.6 Å². The molecule has 2 aliphatic heterocycles. The normalized spacial score (nSPS) is 22.0. The zero-order valence-corrected chi connectivity index (χ0v) is 14.0. The minimum Gasteiger partial charge on any atom is -0.381 e. The zero-order valence-electron chi connectivity index (χ0n) is 12.4. The van der Waals surface area contributed by atoms with Crippen LogP contribution in [-0.2, 0) is 14.4 Å². The maximum atomic E-state index is 13.1. The molecule has 0 radical (unpaired) electrons. The van der Waals surface area contributed by atoms with Crippen molar-refractivity contribution in [2.24, 2.45) is 11.1 Å². The molecule has 0 spiro atoms. The van der Waals surface area contributed by atoms with E-state index in [1.165, 1.54) is 36.4 Å². The van der Waals surface area contributed by atoms with Crippen molar-refractivity contribution < 1.29 is 18.8 Å². The third-order valence-electron chi connectivity index (χ3n) is 4.10. The summed E-state index contributed by atoms with van der Waals surface area (Å²) in [5.74, 6) is -2.41. The summed E-state index contributed by atoms with van der Waals surface area (Å²) in [6.07, 6.45) is -1.07. The van der Waals surface area contributed by atoms with E-state index >= 15 is 0 Å². The fourth-order valence-electron chi connectivity index (χ4n) is 2.93. The maximum absolute atomic E-state index is 13.1. The second kappa shape index (κ2) is 5.82. The fourth-order valence-corrected chi connectivity index (χ4v) is 3.30. The van der Waals surface area contributed by atoms with Crippen LogP contribution < -0.4 is 4.90 Å². The molecule has 1 saturated heterocycles. The minimum atomic E-state index is -1.07. The summed E-state index contributed by atoms with van der Waals surface area (Å²) in [5.41, 5.74) is 0.985. The first kappa shape index (κ1) is 16.1. The molecule has 4 rings (SSSR count). The highest BCUT2D eigenvalue weighted by Crippen LogP contribution is 2.38. The monoisotopic (exact) mass is 378 g/mol. The number of hydrogen-bond acceptors (Lipinski definition) is 4. The van der Waals surface area contributed by atoms with Gasteiger partial charge < -0.3 is 4.84 Å². The average molecular weight is 379 g/mol. The highest BCUT2D eigenvalue weighted by atomic mass is 35.5. The number of anilines is 1. The number of imide groups is 1. The number of halogens is 3. The van der Waals surface area contributed by atoms with E-state index in [0.717, 1.165) is 4.90 Å². The number of amides is 2. The third-order valence-corrected chi connectivity index (χ3v) is 4.66. The van der Waals surface area contributed by atoms with E-state index in [1.807, 2.05) is 0 Å². The van der Waals surface area contributed by atoms with Crippen molar-refractivity contribution >= 4 is 46.4 Å². The van der Waals surface area contributed by atoms with Crippen molar-refractivity contribution in [2.45, 2.75) is 6.10 Å². The van der Waals surface area contributed by atoms with Gasteiger partial charge in [0.05, 0.1) is 10.7 Å². The first-order valence-corrected chi connectivity index (χ1v) is 8.05. The molecule has 0 unspecified atom stereocenters.